The summed E-state index contributed by atoms with van der Waals surface area (Å²) in [5.41, 5.74) is 1.07. The highest BCUT2D eigenvalue weighted by atomic mass is 79.9. The maximum absolute atomic E-state index is 11.8. The van der Waals surface area contributed by atoms with E-state index in [1.165, 1.54) is 0 Å². The molecule has 2 rings (SSSR count). The van der Waals surface area contributed by atoms with Crippen molar-refractivity contribution in [2.75, 3.05) is 6.61 Å². The summed E-state index contributed by atoms with van der Waals surface area (Å²) in [6.45, 7) is 1.96. The summed E-state index contributed by atoms with van der Waals surface area (Å²) in [4.78, 5) is 11.8. The fourth-order valence-corrected chi connectivity index (χ4v) is 2.05. The lowest BCUT2D eigenvalue weighted by Gasteiger charge is -2.14. The molecule has 0 aromatic heterocycles. The lowest BCUT2D eigenvalue weighted by Crippen LogP contribution is -2.31. The summed E-state index contributed by atoms with van der Waals surface area (Å²) in [5.74, 6) is 0.542. The Labute approximate surface area is 127 Å². The van der Waals surface area contributed by atoms with Crippen LogP contribution in [0.15, 0.2) is 59.1 Å². The Balaban J connectivity index is 1.82. The SMILES string of the molecule is CC(NC(=O)COc1ccc(Br)cc1)c1ccccc1. The molecule has 0 saturated heterocycles. The molecule has 0 fully saturated rings. The molecule has 20 heavy (non-hydrogen) atoms. The maximum Gasteiger partial charge on any atom is 0.258 e. The van der Waals surface area contributed by atoms with Crippen LogP contribution in [-0.4, -0.2) is 12.5 Å². The van der Waals surface area contributed by atoms with Crippen molar-refractivity contribution in [3.63, 3.8) is 0 Å². The van der Waals surface area contributed by atoms with E-state index in [4.69, 9.17) is 4.74 Å². The maximum atomic E-state index is 11.8. The van der Waals surface area contributed by atoms with E-state index in [0.717, 1.165) is 10.0 Å². The second-order valence-electron chi connectivity index (χ2n) is 4.44. The van der Waals surface area contributed by atoms with Crippen LogP contribution in [0.5, 0.6) is 5.75 Å². The number of amides is 1. The first-order valence-electron chi connectivity index (χ1n) is 6.38. The topological polar surface area (TPSA) is 38.3 Å². The molecular weight excluding hydrogens is 318 g/mol. The summed E-state index contributed by atoms with van der Waals surface area (Å²) in [6, 6.07) is 17.2. The third kappa shape index (κ3) is 4.38. The van der Waals surface area contributed by atoms with Crippen LogP contribution in [0.25, 0.3) is 0 Å². The van der Waals surface area contributed by atoms with Gasteiger partial charge in [-0.25, -0.2) is 0 Å². The largest absolute Gasteiger partial charge is 0.484 e. The number of carbonyl (C=O) groups is 1. The Morgan fingerprint density at radius 2 is 1.80 bits per heavy atom. The monoisotopic (exact) mass is 333 g/mol. The van der Waals surface area contributed by atoms with E-state index in [1.54, 1.807) is 0 Å². The minimum Gasteiger partial charge on any atom is -0.484 e. The lowest BCUT2D eigenvalue weighted by molar-refractivity contribution is -0.123. The van der Waals surface area contributed by atoms with Crippen LogP contribution < -0.4 is 10.1 Å². The van der Waals surface area contributed by atoms with Crippen LogP contribution in [0.1, 0.15) is 18.5 Å². The molecule has 0 aliphatic carbocycles. The van der Waals surface area contributed by atoms with Gasteiger partial charge < -0.3 is 10.1 Å². The fraction of sp³-hybridized carbons (Fsp3) is 0.188. The molecule has 104 valence electrons. The molecule has 4 heteroatoms. The molecule has 1 unspecified atom stereocenters. The Bertz CT molecular complexity index is 554. The van der Waals surface area contributed by atoms with Crippen molar-refractivity contribution in [1.29, 1.82) is 0 Å². The van der Waals surface area contributed by atoms with Gasteiger partial charge >= 0.3 is 0 Å². The Morgan fingerprint density at radius 1 is 1.15 bits per heavy atom. The van der Waals surface area contributed by atoms with Gasteiger partial charge in [0.25, 0.3) is 5.91 Å². The van der Waals surface area contributed by atoms with Crippen LogP contribution in [0.3, 0.4) is 0 Å². The number of rotatable bonds is 5. The molecule has 0 saturated carbocycles. The normalized spacial score (nSPS) is 11.7. The van der Waals surface area contributed by atoms with Crippen LogP contribution in [0.2, 0.25) is 0 Å². The van der Waals surface area contributed by atoms with E-state index in [0.29, 0.717) is 5.75 Å². The Hall–Kier alpha value is -1.81. The average Bonchev–Trinajstić information content (AvgIpc) is 2.47. The number of benzene rings is 2. The summed E-state index contributed by atoms with van der Waals surface area (Å²) >= 11 is 3.35. The van der Waals surface area contributed by atoms with E-state index in [-0.39, 0.29) is 18.6 Å². The third-order valence-electron chi connectivity index (χ3n) is 2.86. The molecule has 3 nitrogen and oxygen atoms in total. The van der Waals surface area contributed by atoms with Gasteiger partial charge in [0.15, 0.2) is 6.61 Å². The van der Waals surface area contributed by atoms with Gasteiger partial charge in [0.2, 0.25) is 0 Å². The molecule has 1 amide bonds. The second-order valence-corrected chi connectivity index (χ2v) is 5.36. The zero-order valence-electron chi connectivity index (χ0n) is 11.2. The molecule has 0 bridgehead atoms. The zero-order valence-corrected chi connectivity index (χ0v) is 12.8. The lowest BCUT2D eigenvalue weighted by atomic mass is 10.1. The number of hydrogen-bond acceptors (Lipinski definition) is 2. The van der Waals surface area contributed by atoms with Crippen molar-refractivity contribution in [1.82, 2.24) is 5.32 Å². The number of halogens is 1. The van der Waals surface area contributed by atoms with Crippen molar-refractivity contribution in [3.8, 4) is 5.75 Å². The number of nitrogens with one attached hydrogen (secondary N) is 1. The van der Waals surface area contributed by atoms with Gasteiger partial charge in [-0.2, -0.15) is 0 Å². The van der Waals surface area contributed by atoms with Gasteiger partial charge in [-0.15, -0.1) is 0 Å². The van der Waals surface area contributed by atoms with E-state index in [9.17, 15) is 4.79 Å². The van der Waals surface area contributed by atoms with E-state index in [1.807, 2.05) is 61.5 Å². The zero-order chi connectivity index (χ0) is 14.4. The second kappa shape index (κ2) is 7.10. The highest BCUT2D eigenvalue weighted by Gasteiger charge is 2.09. The molecular formula is C16H16BrNO2. The highest BCUT2D eigenvalue weighted by Crippen LogP contribution is 2.16. The molecule has 1 N–H and O–H groups in total. The molecule has 0 radical (unpaired) electrons. The summed E-state index contributed by atoms with van der Waals surface area (Å²) in [5, 5.41) is 2.90. The third-order valence-corrected chi connectivity index (χ3v) is 3.39. The Morgan fingerprint density at radius 3 is 2.45 bits per heavy atom. The molecule has 1 atom stereocenters. The number of hydrogen-bond donors (Lipinski definition) is 1. The van der Waals surface area contributed by atoms with Crippen LogP contribution in [0, 0.1) is 0 Å². The first kappa shape index (κ1) is 14.6. The van der Waals surface area contributed by atoms with Crippen molar-refractivity contribution in [3.05, 3.63) is 64.6 Å². The predicted octanol–water partition coefficient (Wildman–Crippen LogP) is 3.71. The van der Waals surface area contributed by atoms with E-state index < -0.39 is 0 Å². The Kier molecular flexibility index (Phi) is 5.18. The van der Waals surface area contributed by atoms with E-state index in [2.05, 4.69) is 21.2 Å². The van der Waals surface area contributed by atoms with Crippen molar-refractivity contribution < 1.29 is 9.53 Å². The molecule has 0 aliphatic rings. The summed E-state index contributed by atoms with van der Waals surface area (Å²) in [6.07, 6.45) is 0. The van der Waals surface area contributed by atoms with Gasteiger partial charge in [0, 0.05) is 4.47 Å². The van der Waals surface area contributed by atoms with Crippen LogP contribution >= 0.6 is 15.9 Å². The average molecular weight is 334 g/mol. The van der Waals surface area contributed by atoms with Crippen LogP contribution in [-0.2, 0) is 4.79 Å². The van der Waals surface area contributed by atoms with Crippen LogP contribution in [0.4, 0.5) is 0 Å². The highest BCUT2D eigenvalue weighted by molar-refractivity contribution is 9.10. The molecule has 0 aliphatic heterocycles. The predicted molar refractivity (Wildman–Crippen MR) is 82.6 cm³/mol. The van der Waals surface area contributed by atoms with Gasteiger partial charge in [-0.3, -0.25) is 4.79 Å². The fourth-order valence-electron chi connectivity index (χ4n) is 1.79. The smallest absolute Gasteiger partial charge is 0.258 e. The minimum absolute atomic E-state index is 0.0127. The van der Waals surface area contributed by atoms with Gasteiger partial charge in [0.1, 0.15) is 5.75 Å². The summed E-state index contributed by atoms with van der Waals surface area (Å²) in [7, 11) is 0. The van der Waals surface area contributed by atoms with Gasteiger partial charge in [-0.1, -0.05) is 46.3 Å². The van der Waals surface area contributed by atoms with Crippen molar-refractivity contribution >= 4 is 21.8 Å². The molecule has 2 aromatic rings. The summed E-state index contributed by atoms with van der Waals surface area (Å²) < 4.78 is 6.41. The minimum atomic E-state index is -0.135. The van der Waals surface area contributed by atoms with Crippen molar-refractivity contribution in [2.24, 2.45) is 0 Å². The molecule has 2 aromatic carbocycles. The number of ether oxygens (including phenoxy) is 1. The van der Waals surface area contributed by atoms with E-state index >= 15 is 0 Å². The van der Waals surface area contributed by atoms with Gasteiger partial charge in [-0.05, 0) is 36.8 Å². The quantitative estimate of drug-likeness (QED) is 0.905. The molecule has 0 spiro atoms. The standard InChI is InChI=1S/C16H16BrNO2/c1-12(13-5-3-2-4-6-13)18-16(19)11-20-15-9-7-14(17)8-10-15/h2-10,12H,11H2,1H3,(H,18,19). The van der Waals surface area contributed by atoms with Gasteiger partial charge in [0.05, 0.1) is 6.04 Å². The number of carbonyl (C=O) groups excluding carboxylic acids is 1. The first-order chi connectivity index (χ1) is 9.65. The molecule has 0 heterocycles. The van der Waals surface area contributed by atoms with Crippen molar-refractivity contribution in [2.45, 2.75) is 13.0 Å². The first-order valence-corrected chi connectivity index (χ1v) is 7.17.